The lowest BCUT2D eigenvalue weighted by Crippen LogP contribution is -2.40. The molecule has 0 spiro atoms. The van der Waals surface area contributed by atoms with Crippen molar-refractivity contribution in [2.45, 2.75) is 52.1 Å². The zero-order valence-electron chi connectivity index (χ0n) is 12.0. The third-order valence-corrected chi connectivity index (χ3v) is 3.86. The molecule has 1 aromatic rings. The van der Waals surface area contributed by atoms with Crippen molar-refractivity contribution in [3.05, 3.63) is 17.5 Å². The smallest absolute Gasteiger partial charge is 0.326 e. The number of nitrogens with zero attached hydrogens (tertiary/aromatic N) is 3. The van der Waals surface area contributed by atoms with Gasteiger partial charge in [0.05, 0.1) is 11.8 Å². The minimum atomic E-state index is -0.924. The molecule has 0 radical (unpaired) electrons. The van der Waals surface area contributed by atoms with Gasteiger partial charge in [-0.1, -0.05) is 13.3 Å². The molecule has 1 atom stereocenters. The summed E-state index contributed by atoms with van der Waals surface area (Å²) >= 11 is 0. The second kappa shape index (κ2) is 6.07. The molecule has 110 valence electrons. The summed E-state index contributed by atoms with van der Waals surface area (Å²) in [5.74, 6) is -1.14. The highest BCUT2D eigenvalue weighted by molar-refractivity contribution is 5.97. The molecular formula is C14H21N3O3. The second-order valence-corrected chi connectivity index (χ2v) is 5.22. The Kier molecular flexibility index (Phi) is 4.42. The van der Waals surface area contributed by atoms with Gasteiger partial charge in [-0.05, 0) is 26.2 Å². The van der Waals surface area contributed by atoms with Crippen LogP contribution in [0.3, 0.4) is 0 Å². The number of hydrogen-bond acceptors (Lipinski definition) is 3. The highest BCUT2D eigenvalue weighted by Crippen LogP contribution is 2.21. The topological polar surface area (TPSA) is 75.4 Å². The Morgan fingerprint density at radius 2 is 2.25 bits per heavy atom. The third-order valence-electron chi connectivity index (χ3n) is 3.86. The fraction of sp³-hybridized carbons (Fsp3) is 0.643. The van der Waals surface area contributed by atoms with E-state index in [9.17, 15) is 9.59 Å². The van der Waals surface area contributed by atoms with Gasteiger partial charge in [-0.15, -0.1) is 0 Å². The van der Waals surface area contributed by atoms with Gasteiger partial charge in [0.15, 0.2) is 0 Å². The van der Waals surface area contributed by atoms with E-state index >= 15 is 0 Å². The molecule has 1 N–H and O–H groups in total. The first-order valence-corrected chi connectivity index (χ1v) is 7.12. The van der Waals surface area contributed by atoms with Crippen molar-refractivity contribution in [3.8, 4) is 0 Å². The molecule has 6 nitrogen and oxygen atoms in total. The number of carboxylic acids is 1. The van der Waals surface area contributed by atoms with Crippen LogP contribution in [-0.4, -0.2) is 44.3 Å². The molecule has 0 bridgehead atoms. The van der Waals surface area contributed by atoms with Crippen molar-refractivity contribution in [1.29, 1.82) is 0 Å². The molecule has 2 rings (SSSR count). The van der Waals surface area contributed by atoms with Gasteiger partial charge in [0.2, 0.25) is 0 Å². The highest BCUT2D eigenvalue weighted by Gasteiger charge is 2.35. The second-order valence-electron chi connectivity index (χ2n) is 5.22. The van der Waals surface area contributed by atoms with Crippen LogP contribution in [0.25, 0.3) is 0 Å². The van der Waals surface area contributed by atoms with Gasteiger partial charge in [0, 0.05) is 18.8 Å². The van der Waals surface area contributed by atoms with Crippen LogP contribution in [0.1, 0.15) is 48.7 Å². The number of unbranched alkanes of at least 4 members (excludes halogenated alkanes) is 1. The van der Waals surface area contributed by atoms with Gasteiger partial charge < -0.3 is 10.0 Å². The van der Waals surface area contributed by atoms with Crippen molar-refractivity contribution in [2.75, 3.05) is 6.54 Å². The fourth-order valence-corrected chi connectivity index (χ4v) is 2.61. The summed E-state index contributed by atoms with van der Waals surface area (Å²) in [6, 6.07) is -0.694. The Morgan fingerprint density at radius 3 is 2.90 bits per heavy atom. The first-order chi connectivity index (χ1) is 9.56. The van der Waals surface area contributed by atoms with Gasteiger partial charge in [0.25, 0.3) is 5.91 Å². The standard InChI is InChI=1S/C14H21N3O3/c1-3-4-8-17-10(2)11(9-15-17)13(18)16-7-5-6-12(16)14(19)20/h9,12H,3-8H2,1-2H3,(H,19,20). The molecule has 1 aromatic heterocycles. The number of carboxylic acid groups (broad SMARTS) is 1. The lowest BCUT2D eigenvalue weighted by atomic mass is 10.2. The number of hydrogen-bond donors (Lipinski definition) is 1. The summed E-state index contributed by atoms with van der Waals surface area (Å²) in [5, 5.41) is 13.4. The summed E-state index contributed by atoms with van der Waals surface area (Å²) in [6.07, 6.45) is 4.91. The number of carbonyl (C=O) groups excluding carboxylic acids is 1. The monoisotopic (exact) mass is 279 g/mol. The van der Waals surface area contributed by atoms with Crippen LogP contribution in [0.5, 0.6) is 0 Å². The highest BCUT2D eigenvalue weighted by atomic mass is 16.4. The summed E-state index contributed by atoms with van der Waals surface area (Å²) in [5.41, 5.74) is 1.34. The first-order valence-electron chi connectivity index (χ1n) is 7.12. The van der Waals surface area contributed by atoms with Gasteiger partial charge in [-0.2, -0.15) is 5.10 Å². The molecule has 1 unspecified atom stereocenters. The van der Waals surface area contributed by atoms with Crippen LogP contribution in [0.4, 0.5) is 0 Å². The number of aromatic nitrogens is 2. The maximum atomic E-state index is 12.5. The molecule has 6 heteroatoms. The average molecular weight is 279 g/mol. The first kappa shape index (κ1) is 14.6. The number of likely N-dealkylation sites (tertiary alicyclic amines) is 1. The molecule has 0 aliphatic carbocycles. The quantitative estimate of drug-likeness (QED) is 0.889. The van der Waals surface area contributed by atoms with Crippen LogP contribution < -0.4 is 0 Å². The SMILES string of the molecule is CCCCn1ncc(C(=O)N2CCCC2C(=O)O)c1C. The van der Waals surface area contributed by atoms with Gasteiger partial charge >= 0.3 is 5.97 Å². The molecule has 0 aromatic carbocycles. The van der Waals surface area contributed by atoms with Crippen LogP contribution in [0.2, 0.25) is 0 Å². The van der Waals surface area contributed by atoms with E-state index in [1.165, 1.54) is 4.90 Å². The van der Waals surface area contributed by atoms with E-state index in [1.807, 2.05) is 11.6 Å². The minimum Gasteiger partial charge on any atom is -0.480 e. The fourth-order valence-electron chi connectivity index (χ4n) is 2.61. The number of carbonyl (C=O) groups is 2. The van der Waals surface area contributed by atoms with Crippen molar-refractivity contribution in [3.63, 3.8) is 0 Å². The number of aliphatic carboxylic acids is 1. The summed E-state index contributed by atoms with van der Waals surface area (Å²) in [6.45, 7) is 5.27. The number of aryl methyl sites for hydroxylation is 1. The van der Waals surface area contributed by atoms with Gasteiger partial charge in [-0.25, -0.2) is 4.79 Å². The van der Waals surface area contributed by atoms with E-state index < -0.39 is 12.0 Å². The van der Waals surface area contributed by atoms with Gasteiger partial charge in [0.1, 0.15) is 6.04 Å². The molecule has 1 aliphatic heterocycles. The van der Waals surface area contributed by atoms with Crippen molar-refractivity contribution < 1.29 is 14.7 Å². The molecule has 20 heavy (non-hydrogen) atoms. The lowest BCUT2D eigenvalue weighted by molar-refractivity contribution is -0.141. The number of rotatable bonds is 5. The Labute approximate surface area is 118 Å². The largest absolute Gasteiger partial charge is 0.480 e. The summed E-state index contributed by atoms with van der Waals surface area (Å²) in [7, 11) is 0. The van der Waals surface area contributed by atoms with Crippen molar-refractivity contribution >= 4 is 11.9 Å². The Bertz CT molecular complexity index is 510. The molecule has 1 saturated heterocycles. The van der Waals surface area contributed by atoms with Crippen molar-refractivity contribution in [1.82, 2.24) is 14.7 Å². The van der Waals surface area contributed by atoms with Crippen LogP contribution in [-0.2, 0) is 11.3 Å². The molecule has 0 saturated carbocycles. The van der Waals surface area contributed by atoms with E-state index in [-0.39, 0.29) is 5.91 Å². The third kappa shape index (κ3) is 2.69. The predicted molar refractivity (Wildman–Crippen MR) is 73.6 cm³/mol. The molecule has 1 aliphatic rings. The summed E-state index contributed by atoms with van der Waals surface area (Å²) < 4.78 is 1.82. The molecule has 1 amide bonds. The van der Waals surface area contributed by atoms with Crippen LogP contribution in [0.15, 0.2) is 6.20 Å². The van der Waals surface area contributed by atoms with E-state index in [0.717, 1.165) is 31.5 Å². The zero-order valence-corrected chi connectivity index (χ0v) is 12.0. The Hall–Kier alpha value is -1.85. The maximum Gasteiger partial charge on any atom is 0.326 e. The van der Waals surface area contributed by atoms with Crippen LogP contribution >= 0.6 is 0 Å². The van der Waals surface area contributed by atoms with E-state index in [2.05, 4.69) is 12.0 Å². The van der Waals surface area contributed by atoms with Crippen LogP contribution in [0, 0.1) is 6.92 Å². The molecule has 1 fully saturated rings. The van der Waals surface area contributed by atoms with Crippen molar-refractivity contribution in [2.24, 2.45) is 0 Å². The molecular weight excluding hydrogens is 258 g/mol. The van der Waals surface area contributed by atoms with E-state index in [1.54, 1.807) is 6.20 Å². The minimum absolute atomic E-state index is 0.213. The normalized spacial score (nSPS) is 18.5. The molecule has 2 heterocycles. The van der Waals surface area contributed by atoms with Gasteiger partial charge in [-0.3, -0.25) is 9.48 Å². The average Bonchev–Trinajstić information content (AvgIpc) is 3.02. The van der Waals surface area contributed by atoms with E-state index in [0.29, 0.717) is 18.5 Å². The Morgan fingerprint density at radius 1 is 1.50 bits per heavy atom. The lowest BCUT2D eigenvalue weighted by Gasteiger charge is -2.21. The maximum absolute atomic E-state index is 12.5. The number of amides is 1. The van der Waals surface area contributed by atoms with E-state index in [4.69, 9.17) is 5.11 Å². The zero-order chi connectivity index (χ0) is 14.7. The predicted octanol–water partition coefficient (Wildman–Crippen LogP) is 1.68. The Balaban J connectivity index is 2.17. The summed E-state index contributed by atoms with van der Waals surface area (Å²) in [4.78, 5) is 25.1.